The largest absolute Gasteiger partial charge is 0.490 e. The van der Waals surface area contributed by atoms with Gasteiger partial charge >= 0.3 is 0 Å². The van der Waals surface area contributed by atoms with Gasteiger partial charge in [0.15, 0.2) is 0 Å². The number of benzene rings is 2. The van der Waals surface area contributed by atoms with E-state index in [0.717, 1.165) is 35.8 Å². The number of sulfonamides is 1. The lowest BCUT2D eigenvalue weighted by Crippen LogP contribution is -2.43. The molecule has 0 radical (unpaired) electrons. The van der Waals surface area contributed by atoms with E-state index in [0.29, 0.717) is 18.8 Å². The fraction of sp³-hybridized carbons (Fsp3) is 0.364. The van der Waals surface area contributed by atoms with Crippen LogP contribution in [0.25, 0.3) is 0 Å². The fourth-order valence-corrected chi connectivity index (χ4v) is 6.45. The van der Waals surface area contributed by atoms with Gasteiger partial charge in [-0.2, -0.15) is 16.1 Å². The molecule has 2 heterocycles. The summed E-state index contributed by atoms with van der Waals surface area (Å²) in [5.41, 5.74) is 2.11. The van der Waals surface area contributed by atoms with Gasteiger partial charge < -0.3 is 9.64 Å². The molecule has 2 aromatic carbocycles. The molecule has 1 atom stereocenters. The number of hydrogen-bond donors (Lipinski definition) is 0. The Balaban J connectivity index is 1.67. The van der Waals surface area contributed by atoms with E-state index in [1.54, 1.807) is 12.1 Å². The molecular formula is C22H26N2O3S2. The minimum atomic E-state index is -3.68. The predicted octanol–water partition coefficient (Wildman–Crippen LogP) is 3.42. The molecule has 0 saturated carbocycles. The predicted molar refractivity (Wildman–Crippen MR) is 119 cm³/mol. The van der Waals surface area contributed by atoms with Crippen molar-refractivity contribution in [3.8, 4) is 5.75 Å². The van der Waals surface area contributed by atoms with E-state index in [4.69, 9.17) is 4.74 Å². The highest BCUT2D eigenvalue weighted by molar-refractivity contribution is 7.99. The highest BCUT2D eigenvalue weighted by atomic mass is 32.2. The lowest BCUT2D eigenvalue weighted by Gasteiger charge is -2.29. The number of ether oxygens (including phenoxy) is 1. The average molecular weight is 431 g/mol. The molecule has 4 rings (SSSR count). The molecule has 0 aliphatic carbocycles. The van der Waals surface area contributed by atoms with Crippen LogP contribution in [-0.4, -0.2) is 56.5 Å². The molecule has 154 valence electrons. The number of anilines is 1. The van der Waals surface area contributed by atoms with Gasteiger partial charge in [0.2, 0.25) is 10.0 Å². The quantitative estimate of drug-likeness (QED) is 0.681. The van der Waals surface area contributed by atoms with Crippen LogP contribution in [0.2, 0.25) is 0 Å². The summed E-state index contributed by atoms with van der Waals surface area (Å²) in [6.45, 7) is 6.27. The van der Waals surface area contributed by atoms with Crippen LogP contribution in [0.4, 0.5) is 5.69 Å². The first-order valence-corrected chi connectivity index (χ1v) is 12.5. The Morgan fingerprint density at radius 2 is 1.90 bits per heavy atom. The maximum atomic E-state index is 13.5. The van der Waals surface area contributed by atoms with Crippen LogP contribution < -0.4 is 9.64 Å². The van der Waals surface area contributed by atoms with Crippen LogP contribution in [-0.2, 0) is 16.4 Å². The summed E-state index contributed by atoms with van der Waals surface area (Å²) in [6.07, 6.45) is 2.23. The zero-order valence-electron chi connectivity index (χ0n) is 16.4. The second kappa shape index (κ2) is 8.81. The van der Waals surface area contributed by atoms with Gasteiger partial charge in [0.1, 0.15) is 17.3 Å². The fourth-order valence-electron chi connectivity index (χ4n) is 3.85. The smallest absolute Gasteiger partial charge is 0.247 e. The van der Waals surface area contributed by atoms with Crippen molar-refractivity contribution in [2.45, 2.75) is 17.4 Å². The molecule has 0 unspecified atom stereocenters. The maximum absolute atomic E-state index is 13.5. The monoisotopic (exact) mass is 430 g/mol. The van der Waals surface area contributed by atoms with Gasteiger partial charge in [-0.15, -0.1) is 6.58 Å². The summed E-state index contributed by atoms with van der Waals surface area (Å²) in [6, 6.07) is 15.1. The van der Waals surface area contributed by atoms with Crippen molar-refractivity contribution < 1.29 is 13.2 Å². The Labute approximate surface area is 177 Å². The first-order valence-electron chi connectivity index (χ1n) is 9.86. The Bertz CT molecular complexity index is 957. The number of hydrogen-bond acceptors (Lipinski definition) is 5. The van der Waals surface area contributed by atoms with Gasteiger partial charge in [0.25, 0.3) is 0 Å². The van der Waals surface area contributed by atoms with Crippen LogP contribution in [0, 0.1) is 0 Å². The summed E-state index contributed by atoms with van der Waals surface area (Å²) >= 11 is 1.95. The van der Waals surface area contributed by atoms with Crippen LogP contribution >= 0.6 is 11.8 Å². The number of thioether (sulfide) groups is 1. The van der Waals surface area contributed by atoms with E-state index in [2.05, 4.69) is 11.5 Å². The second-order valence-electron chi connectivity index (χ2n) is 7.25. The Morgan fingerprint density at radius 1 is 1.14 bits per heavy atom. The molecular weight excluding hydrogens is 404 g/mol. The zero-order chi connectivity index (χ0) is 20.3. The van der Waals surface area contributed by atoms with Gasteiger partial charge in [0, 0.05) is 42.9 Å². The van der Waals surface area contributed by atoms with Gasteiger partial charge in [-0.05, 0) is 24.1 Å². The van der Waals surface area contributed by atoms with Crippen LogP contribution in [0.1, 0.15) is 5.56 Å². The minimum Gasteiger partial charge on any atom is -0.490 e. The zero-order valence-corrected chi connectivity index (χ0v) is 18.0. The second-order valence-corrected chi connectivity index (χ2v) is 10.3. The summed E-state index contributed by atoms with van der Waals surface area (Å²) in [7, 11) is -3.68. The Kier molecular flexibility index (Phi) is 6.18. The third-order valence-corrected chi connectivity index (χ3v) is 8.25. The molecule has 0 amide bonds. The summed E-state index contributed by atoms with van der Waals surface area (Å²) in [4.78, 5) is 2.53. The normalized spacial score (nSPS) is 21.7. The van der Waals surface area contributed by atoms with Crippen molar-refractivity contribution in [3.63, 3.8) is 0 Å². The summed E-state index contributed by atoms with van der Waals surface area (Å²) in [5.74, 6) is 2.62. The minimum absolute atomic E-state index is 0.241. The van der Waals surface area contributed by atoms with Crippen LogP contribution in [0.15, 0.2) is 66.1 Å². The van der Waals surface area contributed by atoms with Gasteiger partial charge in [-0.25, -0.2) is 8.42 Å². The van der Waals surface area contributed by atoms with Gasteiger partial charge in [0.05, 0.1) is 6.04 Å². The topological polar surface area (TPSA) is 49.9 Å². The van der Waals surface area contributed by atoms with Crippen LogP contribution in [0.5, 0.6) is 5.75 Å². The standard InChI is InChI=1S/C22H26N2O3S2/c1-2-10-24-20(15-18-6-4-3-5-7-18)17-27-21-16-19(23-11-13-28-14-12-23)8-9-22(21)29(24,25)26/h2-9,16,20H,1,10-15,17H2/t20-/m0/s1. The first-order chi connectivity index (χ1) is 14.1. The van der Waals surface area contributed by atoms with Crippen molar-refractivity contribution in [1.82, 2.24) is 4.31 Å². The highest BCUT2D eigenvalue weighted by Crippen LogP contribution is 2.35. The van der Waals surface area contributed by atoms with E-state index < -0.39 is 10.0 Å². The van der Waals surface area contributed by atoms with E-state index in [9.17, 15) is 8.42 Å². The van der Waals surface area contributed by atoms with E-state index in [-0.39, 0.29) is 17.5 Å². The molecule has 7 heteroatoms. The highest BCUT2D eigenvalue weighted by Gasteiger charge is 2.36. The summed E-state index contributed by atoms with van der Waals surface area (Å²) < 4.78 is 34.6. The van der Waals surface area contributed by atoms with Crippen molar-refractivity contribution in [2.75, 3.05) is 42.6 Å². The molecule has 0 N–H and O–H groups in total. The van der Waals surface area contributed by atoms with E-state index >= 15 is 0 Å². The molecule has 29 heavy (non-hydrogen) atoms. The lowest BCUT2D eigenvalue weighted by atomic mass is 10.1. The molecule has 2 aliphatic rings. The van der Waals surface area contributed by atoms with Gasteiger partial charge in [-0.3, -0.25) is 0 Å². The Hall–Kier alpha value is -1.96. The molecule has 2 aliphatic heterocycles. The van der Waals surface area contributed by atoms with E-state index in [1.807, 2.05) is 54.2 Å². The number of nitrogens with zero attached hydrogens (tertiary/aromatic N) is 2. The van der Waals surface area contributed by atoms with Crippen molar-refractivity contribution in [1.29, 1.82) is 0 Å². The van der Waals surface area contributed by atoms with Crippen molar-refractivity contribution >= 4 is 27.5 Å². The third-order valence-electron chi connectivity index (χ3n) is 5.35. The number of fused-ring (bicyclic) bond motifs is 1. The molecule has 1 saturated heterocycles. The Morgan fingerprint density at radius 3 is 2.62 bits per heavy atom. The molecule has 5 nitrogen and oxygen atoms in total. The molecule has 0 aromatic heterocycles. The molecule has 0 bridgehead atoms. The molecule has 0 spiro atoms. The SMILES string of the molecule is C=CCN1[C@@H](Cc2ccccc2)COc2cc(N3CCSCC3)ccc2S1(=O)=O. The first kappa shape index (κ1) is 20.3. The average Bonchev–Trinajstić information content (AvgIpc) is 2.85. The summed E-state index contributed by atoms with van der Waals surface area (Å²) in [5, 5.41) is 0. The van der Waals surface area contributed by atoms with Crippen molar-refractivity contribution in [2.24, 2.45) is 0 Å². The lowest BCUT2D eigenvalue weighted by molar-refractivity contribution is 0.219. The maximum Gasteiger partial charge on any atom is 0.247 e. The third kappa shape index (κ3) is 4.32. The van der Waals surface area contributed by atoms with Crippen molar-refractivity contribution in [3.05, 3.63) is 66.7 Å². The van der Waals surface area contributed by atoms with Crippen LogP contribution in [0.3, 0.4) is 0 Å². The van der Waals surface area contributed by atoms with E-state index in [1.165, 1.54) is 4.31 Å². The molecule has 1 fully saturated rings. The molecule has 2 aromatic rings. The number of rotatable bonds is 5. The van der Waals surface area contributed by atoms with Gasteiger partial charge in [-0.1, -0.05) is 36.4 Å².